The number of thiazole rings is 1. The minimum absolute atomic E-state index is 0.0884. The highest BCUT2D eigenvalue weighted by Gasteiger charge is 2.28. The molecule has 0 fully saturated rings. The maximum Gasteiger partial charge on any atom is 0.233 e. The Morgan fingerprint density at radius 2 is 2.04 bits per heavy atom. The van der Waals surface area contributed by atoms with Crippen molar-refractivity contribution in [3.63, 3.8) is 0 Å². The minimum atomic E-state index is -0.678. The third-order valence-corrected chi connectivity index (χ3v) is 5.55. The van der Waals surface area contributed by atoms with E-state index in [1.54, 1.807) is 0 Å². The highest BCUT2D eigenvalue weighted by atomic mass is 32.1. The largest absolute Gasteiger partial charge is 0.494 e. The van der Waals surface area contributed by atoms with Crippen LogP contribution in [0.3, 0.4) is 0 Å². The molecule has 0 radical (unpaired) electrons. The summed E-state index contributed by atoms with van der Waals surface area (Å²) in [5.74, 6) is -0.697. The molecule has 0 bridgehead atoms. The average molecular weight is 400 g/mol. The number of halogens is 2. The number of fused-ring (bicyclic) bond motifs is 1. The van der Waals surface area contributed by atoms with E-state index in [2.05, 4.69) is 4.98 Å². The van der Waals surface area contributed by atoms with Crippen molar-refractivity contribution in [2.24, 2.45) is 0 Å². The summed E-state index contributed by atoms with van der Waals surface area (Å²) in [5.41, 5.74) is 2.31. The first-order valence-corrected chi connectivity index (χ1v) is 9.89. The van der Waals surface area contributed by atoms with Gasteiger partial charge < -0.3 is 9.64 Å². The molecule has 28 heavy (non-hydrogen) atoms. The molecular weight excluding hydrogens is 382 g/mol. The second-order valence-electron chi connectivity index (χ2n) is 6.46. The molecule has 0 saturated carbocycles. The molecule has 0 saturated heterocycles. The summed E-state index contributed by atoms with van der Waals surface area (Å²) in [5, 5.41) is 2.65. The van der Waals surface area contributed by atoms with Crippen molar-refractivity contribution >= 4 is 22.9 Å². The van der Waals surface area contributed by atoms with Crippen molar-refractivity contribution in [2.75, 3.05) is 18.1 Å². The highest BCUT2D eigenvalue weighted by Crippen LogP contribution is 2.32. The van der Waals surface area contributed by atoms with Gasteiger partial charge in [0, 0.05) is 29.1 Å². The fourth-order valence-electron chi connectivity index (χ4n) is 3.31. The van der Waals surface area contributed by atoms with Crippen molar-refractivity contribution in [2.45, 2.75) is 19.8 Å². The Morgan fingerprint density at radius 3 is 2.79 bits per heavy atom. The molecule has 3 aromatic rings. The number of nitrogens with zero attached hydrogens (tertiary/aromatic N) is 2. The number of aromatic nitrogens is 1. The molecule has 4 nitrogen and oxygen atoms in total. The van der Waals surface area contributed by atoms with Crippen LogP contribution in [0.1, 0.15) is 18.2 Å². The summed E-state index contributed by atoms with van der Waals surface area (Å²) in [4.78, 5) is 18.7. The van der Waals surface area contributed by atoms with E-state index >= 15 is 0 Å². The van der Waals surface area contributed by atoms with Gasteiger partial charge in [0.15, 0.2) is 0 Å². The zero-order valence-corrected chi connectivity index (χ0v) is 16.1. The topological polar surface area (TPSA) is 42.4 Å². The predicted octanol–water partition coefficient (Wildman–Crippen LogP) is 4.62. The van der Waals surface area contributed by atoms with Gasteiger partial charge in [-0.15, -0.1) is 11.3 Å². The van der Waals surface area contributed by atoms with Crippen LogP contribution in [0.4, 0.5) is 14.5 Å². The van der Waals surface area contributed by atoms with Gasteiger partial charge >= 0.3 is 0 Å². The zero-order valence-electron chi connectivity index (χ0n) is 15.2. The van der Waals surface area contributed by atoms with Crippen molar-refractivity contribution in [3.05, 3.63) is 64.7 Å². The van der Waals surface area contributed by atoms with E-state index in [0.29, 0.717) is 36.5 Å². The van der Waals surface area contributed by atoms with Gasteiger partial charge in [-0.2, -0.15) is 0 Å². The van der Waals surface area contributed by atoms with Gasteiger partial charge in [-0.1, -0.05) is 0 Å². The Morgan fingerprint density at radius 1 is 1.25 bits per heavy atom. The zero-order chi connectivity index (χ0) is 19.7. The van der Waals surface area contributed by atoms with Gasteiger partial charge in [0.25, 0.3) is 0 Å². The lowest BCUT2D eigenvalue weighted by molar-refractivity contribution is -0.117. The van der Waals surface area contributed by atoms with E-state index in [9.17, 15) is 13.6 Å². The molecule has 1 aromatic heterocycles. The van der Waals surface area contributed by atoms with Crippen molar-refractivity contribution < 1.29 is 18.3 Å². The Hall–Kier alpha value is -2.80. The van der Waals surface area contributed by atoms with Crippen LogP contribution in [-0.4, -0.2) is 24.0 Å². The van der Waals surface area contributed by atoms with Crippen LogP contribution in [0, 0.1) is 11.6 Å². The van der Waals surface area contributed by atoms with E-state index in [1.165, 1.54) is 22.3 Å². The fraction of sp³-hybridized carbons (Fsp3) is 0.238. The van der Waals surface area contributed by atoms with Gasteiger partial charge in [0.2, 0.25) is 5.91 Å². The molecule has 0 atom stereocenters. The first-order chi connectivity index (χ1) is 13.5. The van der Waals surface area contributed by atoms with Gasteiger partial charge in [-0.05, 0) is 43.7 Å². The summed E-state index contributed by atoms with van der Waals surface area (Å²) in [7, 11) is 0. The fourth-order valence-corrected chi connectivity index (χ4v) is 4.14. The normalized spacial score (nSPS) is 12.9. The molecule has 1 aliphatic rings. The van der Waals surface area contributed by atoms with Gasteiger partial charge in [0.05, 0.1) is 24.4 Å². The molecule has 1 aliphatic heterocycles. The number of benzene rings is 2. The number of amides is 1. The Kier molecular flexibility index (Phi) is 5.09. The third-order valence-electron chi connectivity index (χ3n) is 4.61. The summed E-state index contributed by atoms with van der Waals surface area (Å²) in [6, 6.07) is 9.70. The Bertz CT molecular complexity index is 1020. The van der Waals surface area contributed by atoms with Gasteiger partial charge in [-0.3, -0.25) is 4.79 Å². The van der Waals surface area contributed by atoms with E-state index in [4.69, 9.17) is 4.74 Å². The van der Waals surface area contributed by atoms with Crippen LogP contribution in [-0.2, 0) is 17.6 Å². The first kappa shape index (κ1) is 18.6. The molecule has 7 heteroatoms. The molecule has 1 amide bonds. The molecule has 2 aromatic carbocycles. The minimum Gasteiger partial charge on any atom is -0.494 e. The monoisotopic (exact) mass is 400 g/mol. The van der Waals surface area contributed by atoms with E-state index in [-0.39, 0.29) is 12.3 Å². The van der Waals surface area contributed by atoms with Crippen LogP contribution >= 0.6 is 11.3 Å². The molecular formula is C21H18F2N2O2S. The molecule has 0 unspecified atom stereocenters. The Balaban J connectivity index is 1.49. The third kappa shape index (κ3) is 3.62. The van der Waals surface area contributed by atoms with E-state index in [0.717, 1.165) is 22.4 Å². The average Bonchev–Trinajstić information content (AvgIpc) is 3.30. The van der Waals surface area contributed by atoms with Crippen LogP contribution < -0.4 is 9.64 Å². The molecule has 0 spiro atoms. The Labute approximate surface area is 165 Å². The molecule has 0 aliphatic carbocycles. The van der Waals surface area contributed by atoms with Crippen LogP contribution in [0.25, 0.3) is 10.6 Å². The molecule has 0 N–H and O–H groups in total. The van der Waals surface area contributed by atoms with Crippen LogP contribution in [0.15, 0.2) is 41.8 Å². The summed E-state index contributed by atoms with van der Waals surface area (Å²) < 4.78 is 32.9. The lowest BCUT2D eigenvalue weighted by Crippen LogP contribution is -2.30. The predicted molar refractivity (Wildman–Crippen MR) is 105 cm³/mol. The summed E-state index contributed by atoms with van der Waals surface area (Å²) in [6.45, 7) is 2.89. The number of rotatable bonds is 5. The number of hydrogen-bond acceptors (Lipinski definition) is 4. The number of carbonyl (C=O) groups excluding carboxylic acids is 1. The van der Waals surface area contributed by atoms with Crippen molar-refractivity contribution in [1.29, 1.82) is 0 Å². The highest BCUT2D eigenvalue weighted by molar-refractivity contribution is 7.13. The molecule has 144 valence electrons. The van der Waals surface area contributed by atoms with Crippen LogP contribution in [0.2, 0.25) is 0 Å². The quantitative estimate of drug-likeness (QED) is 0.628. The SMILES string of the molecule is CCOc1ccc(-c2nc(CC(=O)N3CCc4c(F)cc(F)cc43)cs2)cc1. The second kappa shape index (κ2) is 7.67. The van der Waals surface area contributed by atoms with Crippen LogP contribution in [0.5, 0.6) is 5.75 Å². The van der Waals surface area contributed by atoms with E-state index in [1.807, 2.05) is 36.6 Å². The van der Waals surface area contributed by atoms with Crippen molar-refractivity contribution in [1.82, 2.24) is 4.98 Å². The lowest BCUT2D eigenvalue weighted by Gasteiger charge is -2.16. The number of ether oxygens (including phenoxy) is 1. The maximum atomic E-state index is 13.9. The summed E-state index contributed by atoms with van der Waals surface area (Å²) >= 11 is 1.45. The maximum absolute atomic E-state index is 13.9. The smallest absolute Gasteiger partial charge is 0.233 e. The standard InChI is InChI=1S/C21H18F2N2O2S/c1-2-27-16-5-3-13(4-6-16)21-24-15(12-28-21)11-20(26)25-8-7-17-18(23)9-14(22)10-19(17)25/h3-6,9-10,12H,2,7-8,11H2,1H3. The second-order valence-corrected chi connectivity index (χ2v) is 7.32. The van der Waals surface area contributed by atoms with Gasteiger partial charge in [0.1, 0.15) is 22.4 Å². The molecule has 4 rings (SSSR count). The number of carbonyl (C=O) groups is 1. The number of hydrogen-bond donors (Lipinski definition) is 0. The first-order valence-electron chi connectivity index (χ1n) is 9.01. The van der Waals surface area contributed by atoms with Crippen molar-refractivity contribution in [3.8, 4) is 16.3 Å². The molecule has 2 heterocycles. The van der Waals surface area contributed by atoms with Gasteiger partial charge in [-0.25, -0.2) is 13.8 Å². The number of anilines is 1. The van der Waals surface area contributed by atoms with E-state index < -0.39 is 11.6 Å². The lowest BCUT2D eigenvalue weighted by atomic mass is 10.1. The summed E-state index contributed by atoms with van der Waals surface area (Å²) in [6.07, 6.45) is 0.479.